The summed E-state index contributed by atoms with van der Waals surface area (Å²) in [5.74, 6) is -0.841. The molecule has 1 fully saturated rings. The van der Waals surface area contributed by atoms with Crippen LogP contribution >= 0.6 is 24.0 Å². The van der Waals surface area contributed by atoms with Crippen molar-refractivity contribution in [2.75, 3.05) is 26.2 Å². The average Bonchev–Trinajstić information content (AvgIpc) is 3.13. The summed E-state index contributed by atoms with van der Waals surface area (Å²) in [6.45, 7) is 3.02. The fourth-order valence-electron chi connectivity index (χ4n) is 2.87. The van der Waals surface area contributed by atoms with Crippen molar-refractivity contribution >= 4 is 40.0 Å². The van der Waals surface area contributed by atoms with E-state index < -0.39 is 22.0 Å². The Morgan fingerprint density at radius 3 is 2.78 bits per heavy atom. The van der Waals surface area contributed by atoms with Crippen molar-refractivity contribution in [2.45, 2.75) is 18.1 Å². The Balaban J connectivity index is 0.00000261. The van der Waals surface area contributed by atoms with E-state index >= 15 is 0 Å². The molecule has 0 saturated carbocycles. The Bertz CT molecular complexity index is 900. The number of halogens is 2. The standard InChI is InChI=1S/C17H19ClN2O5S.ClH/c1-2-24-17(21)15-7-8-16(25-15)26(22,23)20-10-9-19-11-14(20)12-5-3-4-6-13(12)18;/h3-8,14,19H,2,9-11H2,1H3;1H. The molecule has 0 spiro atoms. The molecule has 1 atom stereocenters. The van der Waals surface area contributed by atoms with Gasteiger partial charge in [-0.05, 0) is 30.7 Å². The van der Waals surface area contributed by atoms with E-state index in [1.165, 1.54) is 16.4 Å². The first-order chi connectivity index (χ1) is 12.4. The molecule has 1 aliphatic rings. The summed E-state index contributed by atoms with van der Waals surface area (Å²) < 4.78 is 37.6. The third-order valence-corrected chi connectivity index (χ3v) is 6.21. The first-order valence-corrected chi connectivity index (χ1v) is 10.0. The van der Waals surface area contributed by atoms with Crippen LogP contribution < -0.4 is 5.32 Å². The number of esters is 1. The first kappa shape index (κ1) is 21.7. The van der Waals surface area contributed by atoms with Crippen LogP contribution in [0.25, 0.3) is 0 Å². The van der Waals surface area contributed by atoms with Crippen molar-refractivity contribution in [2.24, 2.45) is 0 Å². The van der Waals surface area contributed by atoms with Gasteiger partial charge in [0.2, 0.25) is 10.9 Å². The predicted molar refractivity (Wildman–Crippen MR) is 103 cm³/mol. The molecule has 27 heavy (non-hydrogen) atoms. The number of nitrogens with one attached hydrogen (secondary N) is 1. The van der Waals surface area contributed by atoms with Crippen molar-refractivity contribution in [1.29, 1.82) is 0 Å². The molecule has 10 heteroatoms. The molecule has 0 bridgehead atoms. The van der Waals surface area contributed by atoms with Crippen molar-refractivity contribution in [1.82, 2.24) is 9.62 Å². The molecule has 0 amide bonds. The highest BCUT2D eigenvalue weighted by Crippen LogP contribution is 2.33. The van der Waals surface area contributed by atoms with E-state index in [1.54, 1.807) is 25.1 Å². The van der Waals surface area contributed by atoms with Crippen LogP contribution in [0, 0.1) is 0 Å². The molecule has 3 rings (SSSR count). The van der Waals surface area contributed by atoms with Gasteiger partial charge in [0.25, 0.3) is 10.0 Å². The van der Waals surface area contributed by atoms with E-state index in [1.807, 2.05) is 6.07 Å². The molecule has 1 aliphatic heterocycles. The van der Waals surface area contributed by atoms with Gasteiger partial charge in [-0.25, -0.2) is 13.2 Å². The molecular formula is C17H20Cl2N2O5S. The zero-order valence-corrected chi connectivity index (χ0v) is 16.9. The van der Waals surface area contributed by atoms with Crippen LogP contribution in [0.3, 0.4) is 0 Å². The van der Waals surface area contributed by atoms with Crippen molar-refractivity contribution in [3.05, 3.63) is 52.7 Å². The van der Waals surface area contributed by atoms with E-state index in [0.29, 0.717) is 23.7 Å². The molecule has 148 valence electrons. The Morgan fingerprint density at radius 1 is 1.33 bits per heavy atom. The average molecular weight is 435 g/mol. The molecule has 1 aromatic heterocycles. The Kier molecular flexibility index (Phi) is 7.30. The number of sulfonamides is 1. The zero-order chi connectivity index (χ0) is 18.7. The molecule has 0 radical (unpaired) electrons. The number of carbonyl (C=O) groups is 1. The van der Waals surface area contributed by atoms with Gasteiger partial charge in [0, 0.05) is 24.7 Å². The molecule has 1 saturated heterocycles. The van der Waals surface area contributed by atoms with E-state index in [9.17, 15) is 13.2 Å². The number of piperazine rings is 1. The minimum absolute atomic E-state index is 0. The fraction of sp³-hybridized carbons (Fsp3) is 0.353. The number of benzene rings is 1. The van der Waals surface area contributed by atoms with Gasteiger partial charge in [-0.1, -0.05) is 29.8 Å². The summed E-state index contributed by atoms with van der Waals surface area (Å²) in [6.07, 6.45) is 0. The summed E-state index contributed by atoms with van der Waals surface area (Å²) in [7, 11) is -3.94. The second-order valence-electron chi connectivity index (χ2n) is 5.70. The van der Waals surface area contributed by atoms with Gasteiger partial charge in [0.05, 0.1) is 12.6 Å². The molecule has 7 nitrogen and oxygen atoms in total. The Hall–Kier alpha value is -1.58. The Labute approximate surface area is 169 Å². The second-order valence-corrected chi connectivity index (χ2v) is 7.93. The van der Waals surface area contributed by atoms with E-state index in [4.69, 9.17) is 20.8 Å². The number of rotatable bonds is 5. The first-order valence-electron chi connectivity index (χ1n) is 8.19. The highest BCUT2D eigenvalue weighted by Gasteiger charge is 2.37. The van der Waals surface area contributed by atoms with Crippen LogP contribution in [0.1, 0.15) is 29.1 Å². The summed E-state index contributed by atoms with van der Waals surface area (Å²) >= 11 is 6.27. The number of hydrogen-bond acceptors (Lipinski definition) is 6. The minimum Gasteiger partial charge on any atom is -0.460 e. The molecule has 2 heterocycles. The van der Waals surface area contributed by atoms with Crippen molar-refractivity contribution < 1.29 is 22.4 Å². The number of nitrogens with zero attached hydrogens (tertiary/aromatic N) is 1. The normalized spacial score (nSPS) is 17.9. The predicted octanol–water partition coefficient (Wildman–Crippen LogP) is 2.87. The Morgan fingerprint density at radius 2 is 2.07 bits per heavy atom. The number of carbonyl (C=O) groups excluding carboxylic acids is 1. The zero-order valence-electron chi connectivity index (χ0n) is 14.6. The lowest BCUT2D eigenvalue weighted by Gasteiger charge is -2.35. The summed E-state index contributed by atoms with van der Waals surface area (Å²) in [5, 5.41) is 3.39. The van der Waals surface area contributed by atoms with Crippen LogP contribution in [0.15, 0.2) is 45.9 Å². The van der Waals surface area contributed by atoms with Crippen LogP contribution in [0.5, 0.6) is 0 Å². The molecular weight excluding hydrogens is 415 g/mol. The largest absolute Gasteiger partial charge is 0.460 e. The molecule has 1 aromatic carbocycles. The summed E-state index contributed by atoms with van der Waals surface area (Å²) in [4.78, 5) is 11.7. The van der Waals surface area contributed by atoms with Gasteiger partial charge in [0.1, 0.15) is 0 Å². The lowest BCUT2D eigenvalue weighted by Crippen LogP contribution is -2.48. The third-order valence-electron chi connectivity index (χ3n) is 4.08. The van der Waals surface area contributed by atoms with Gasteiger partial charge in [-0.3, -0.25) is 0 Å². The van der Waals surface area contributed by atoms with Gasteiger partial charge in [-0.2, -0.15) is 4.31 Å². The monoisotopic (exact) mass is 434 g/mol. The number of furan rings is 1. The SMILES string of the molecule is CCOC(=O)c1ccc(S(=O)(=O)N2CCNCC2c2ccccc2Cl)o1.Cl. The van der Waals surface area contributed by atoms with Crippen LogP contribution in [0.4, 0.5) is 0 Å². The van der Waals surface area contributed by atoms with Gasteiger partial charge >= 0.3 is 5.97 Å². The smallest absolute Gasteiger partial charge is 0.374 e. The molecule has 0 aliphatic carbocycles. The topological polar surface area (TPSA) is 88.9 Å². The van der Waals surface area contributed by atoms with Crippen LogP contribution in [-0.4, -0.2) is 44.9 Å². The summed E-state index contributed by atoms with van der Waals surface area (Å²) in [5.41, 5.74) is 0.710. The number of ether oxygens (including phenoxy) is 1. The highest BCUT2D eigenvalue weighted by atomic mass is 35.5. The lowest BCUT2D eigenvalue weighted by molar-refractivity contribution is 0.0483. The third kappa shape index (κ3) is 4.47. The van der Waals surface area contributed by atoms with Crippen LogP contribution in [-0.2, 0) is 14.8 Å². The maximum absolute atomic E-state index is 13.1. The molecule has 1 unspecified atom stereocenters. The maximum Gasteiger partial charge on any atom is 0.374 e. The number of hydrogen-bond donors (Lipinski definition) is 1. The van der Waals surface area contributed by atoms with Crippen LogP contribution in [0.2, 0.25) is 5.02 Å². The maximum atomic E-state index is 13.1. The molecule has 2 aromatic rings. The van der Waals surface area contributed by atoms with Gasteiger partial charge in [0.15, 0.2) is 0 Å². The highest BCUT2D eigenvalue weighted by molar-refractivity contribution is 7.89. The van der Waals surface area contributed by atoms with Gasteiger partial charge < -0.3 is 14.5 Å². The minimum atomic E-state index is -3.94. The van der Waals surface area contributed by atoms with E-state index in [2.05, 4.69) is 5.32 Å². The van der Waals surface area contributed by atoms with E-state index in [-0.39, 0.29) is 36.4 Å². The fourth-order valence-corrected chi connectivity index (χ4v) is 4.65. The second kappa shape index (κ2) is 9.07. The van der Waals surface area contributed by atoms with Gasteiger partial charge in [-0.15, -0.1) is 12.4 Å². The quantitative estimate of drug-likeness (QED) is 0.727. The van der Waals surface area contributed by atoms with Crippen molar-refractivity contribution in [3.8, 4) is 0 Å². The summed E-state index contributed by atoms with van der Waals surface area (Å²) in [6, 6.07) is 9.23. The van der Waals surface area contributed by atoms with Crippen molar-refractivity contribution in [3.63, 3.8) is 0 Å². The lowest BCUT2D eigenvalue weighted by atomic mass is 10.1. The van der Waals surface area contributed by atoms with E-state index in [0.717, 1.165) is 0 Å². The molecule has 1 N–H and O–H groups in total.